The lowest BCUT2D eigenvalue weighted by Crippen LogP contribution is -2.09. The molecule has 3 nitrogen and oxygen atoms in total. The largest absolute Gasteiger partial charge is 0.465 e. The lowest BCUT2D eigenvalue weighted by molar-refractivity contribution is -0.140. The molecule has 0 aromatic heterocycles. The Balaban J connectivity index is 3.18. The standard InChI is InChI=1S/C10H17BrO3/c1-3-9(2)8-13-5-4-6-14-10(12)7-11/h3H,4-8H2,1-2H3/b9-3+. The quantitative estimate of drug-likeness (QED) is 0.306. The first-order valence-electron chi connectivity index (χ1n) is 4.61. The van der Waals surface area contributed by atoms with Crippen LogP contribution in [0.5, 0.6) is 0 Å². The summed E-state index contributed by atoms with van der Waals surface area (Å²) in [5.41, 5.74) is 1.21. The van der Waals surface area contributed by atoms with E-state index in [1.165, 1.54) is 5.57 Å². The van der Waals surface area contributed by atoms with Crippen molar-refractivity contribution in [3.63, 3.8) is 0 Å². The molecule has 0 aromatic carbocycles. The minimum absolute atomic E-state index is 0.227. The SMILES string of the molecule is C/C=C(\C)COCCCOC(=O)CBr. The Kier molecular flexibility index (Phi) is 8.98. The fourth-order valence-corrected chi connectivity index (χ4v) is 0.864. The maximum atomic E-state index is 10.7. The summed E-state index contributed by atoms with van der Waals surface area (Å²) in [5.74, 6) is -0.227. The van der Waals surface area contributed by atoms with Crippen molar-refractivity contribution in [3.05, 3.63) is 11.6 Å². The Morgan fingerprint density at radius 1 is 1.43 bits per heavy atom. The predicted octanol–water partition coefficient (Wildman–Crippen LogP) is 2.30. The molecule has 0 saturated heterocycles. The van der Waals surface area contributed by atoms with Gasteiger partial charge in [-0.25, -0.2) is 0 Å². The second-order valence-electron chi connectivity index (χ2n) is 2.90. The molecule has 0 rings (SSSR count). The number of halogens is 1. The molecule has 4 heteroatoms. The molecule has 0 unspecified atom stereocenters. The van der Waals surface area contributed by atoms with Crippen molar-refractivity contribution in [1.29, 1.82) is 0 Å². The molecule has 0 heterocycles. The molecule has 14 heavy (non-hydrogen) atoms. The van der Waals surface area contributed by atoms with Gasteiger partial charge in [-0.2, -0.15) is 0 Å². The lowest BCUT2D eigenvalue weighted by Gasteiger charge is -2.04. The first-order chi connectivity index (χ1) is 6.70. The molecule has 0 aliphatic heterocycles. The molecule has 0 radical (unpaired) electrons. The minimum atomic E-state index is -0.227. The van der Waals surface area contributed by atoms with E-state index >= 15 is 0 Å². The van der Waals surface area contributed by atoms with Gasteiger partial charge in [0.15, 0.2) is 0 Å². The van der Waals surface area contributed by atoms with Gasteiger partial charge in [0, 0.05) is 6.42 Å². The van der Waals surface area contributed by atoms with Crippen molar-refractivity contribution in [1.82, 2.24) is 0 Å². The lowest BCUT2D eigenvalue weighted by atomic mass is 10.3. The number of allylic oxidation sites excluding steroid dienone is 1. The van der Waals surface area contributed by atoms with Crippen LogP contribution in [-0.4, -0.2) is 31.1 Å². The molecule has 0 atom stereocenters. The van der Waals surface area contributed by atoms with Crippen LogP contribution in [0.15, 0.2) is 11.6 Å². The molecule has 0 amide bonds. The number of esters is 1. The fraction of sp³-hybridized carbons (Fsp3) is 0.700. The summed E-state index contributed by atoms with van der Waals surface area (Å²) in [7, 11) is 0. The van der Waals surface area contributed by atoms with E-state index in [1.807, 2.05) is 19.9 Å². The zero-order valence-electron chi connectivity index (χ0n) is 8.72. The molecule has 0 aliphatic carbocycles. The molecule has 0 aromatic rings. The van der Waals surface area contributed by atoms with Crippen molar-refractivity contribution in [2.24, 2.45) is 0 Å². The summed E-state index contributed by atoms with van der Waals surface area (Å²) >= 11 is 3.01. The summed E-state index contributed by atoms with van der Waals surface area (Å²) in [6, 6.07) is 0. The summed E-state index contributed by atoms with van der Waals surface area (Å²) in [6.45, 7) is 5.71. The highest BCUT2D eigenvalue weighted by Gasteiger charge is 1.98. The Labute approximate surface area is 93.6 Å². The van der Waals surface area contributed by atoms with Gasteiger partial charge >= 0.3 is 5.97 Å². The van der Waals surface area contributed by atoms with Crippen molar-refractivity contribution in [3.8, 4) is 0 Å². The summed E-state index contributed by atoms with van der Waals surface area (Å²) in [4.78, 5) is 10.7. The molecule has 0 saturated carbocycles. The minimum Gasteiger partial charge on any atom is -0.465 e. The van der Waals surface area contributed by atoms with Crippen LogP contribution >= 0.6 is 15.9 Å². The van der Waals surface area contributed by atoms with Crippen LogP contribution in [0, 0.1) is 0 Å². The molecular formula is C10H17BrO3. The molecule has 82 valence electrons. The Morgan fingerprint density at radius 3 is 2.71 bits per heavy atom. The van der Waals surface area contributed by atoms with Crippen molar-refractivity contribution in [2.45, 2.75) is 20.3 Å². The second-order valence-corrected chi connectivity index (χ2v) is 3.46. The van der Waals surface area contributed by atoms with Gasteiger partial charge in [0.2, 0.25) is 0 Å². The second kappa shape index (κ2) is 9.21. The van der Waals surface area contributed by atoms with Crippen LogP contribution < -0.4 is 0 Å². The van der Waals surface area contributed by atoms with Crippen LogP contribution in [0.4, 0.5) is 0 Å². The van der Waals surface area contributed by atoms with E-state index in [0.717, 1.165) is 6.42 Å². The molecular weight excluding hydrogens is 248 g/mol. The fourth-order valence-electron chi connectivity index (χ4n) is 0.702. The Morgan fingerprint density at radius 2 is 2.14 bits per heavy atom. The number of alkyl halides is 1. The van der Waals surface area contributed by atoms with Gasteiger partial charge in [-0.3, -0.25) is 4.79 Å². The average molecular weight is 265 g/mol. The van der Waals surface area contributed by atoms with E-state index in [-0.39, 0.29) is 11.3 Å². The highest BCUT2D eigenvalue weighted by Crippen LogP contribution is 1.94. The third kappa shape index (κ3) is 8.26. The van der Waals surface area contributed by atoms with E-state index in [2.05, 4.69) is 15.9 Å². The zero-order chi connectivity index (χ0) is 10.8. The third-order valence-electron chi connectivity index (χ3n) is 1.63. The number of carbonyl (C=O) groups is 1. The van der Waals surface area contributed by atoms with Gasteiger partial charge in [0.05, 0.1) is 19.8 Å². The van der Waals surface area contributed by atoms with E-state index in [1.54, 1.807) is 0 Å². The topological polar surface area (TPSA) is 35.5 Å². The van der Waals surface area contributed by atoms with Crippen molar-refractivity contribution in [2.75, 3.05) is 25.2 Å². The van der Waals surface area contributed by atoms with Gasteiger partial charge in [0.25, 0.3) is 0 Å². The zero-order valence-corrected chi connectivity index (χ0v) is 10.3. The van der Waals surface area contributed by atoms with Gasteiger partial charge in [-0.1, -0.05) is 27.6 Å². The van der Waals surface area contributed by atoms with Crippen LogP contribution in [-0.2, 0) is 14.3 Å². The van der Waals surface area contributed by atoms with Crippen LogP contribution in [0.1, 0.15) is 20.3 Å². The van der Waals surface area contributed by atoms with Gasteiger partial charge < -0.3 is 9.47 Å². The first-order valence-corrected chi connectivity index (χ1v) is 5.74. The molecule has 0 N–H and O–H groups in total. The number of ether oxygens (including phenoxy) is 2. The number of rotatable bonds is 7. The number of hydrogen-bond acceptors (Lipinski definition) is 3. The Bertz CT molecular complexity index is 190. The van der Waals surface area contributed by atoms with Gasteiger partial charge in [-0.05, 0) is 13.8 Å². The van der Waals surface area contributed by atoms with Crippen LogP contribution in [0.3, 0.4) is 0 Å². The van der Waals surface area contributed by atoms with Crippen LogP contribution in [0.25, 0.3) is 0 Å². The van der Waals surface area contributed by atoms with Gasteiger partial charge in [0.1, 0.15) is 5.33 Å². The molecule has 0 bridgehead atoms. The maximum absolute atomic E-state index is 10.7. The van der Waals surface area contributed by atoms with E-state index < -0.39 is 0 Å². The summed E-state index contributed by atoms with van der Waals surface area (Å²) in [5, 5.41) is 0.255. The van der Waals surface area contributed by atoms with E-state index in [4.69, 9.17) is 9.47 Å². The third-order valence-corrected chi connectivity index (χ3v) is 2.09. The summed E-state index contributed by atoms with van der Waals surface area (Å²) in [6.07, 6.45) is 2.76. The number of carbonyl (C=O) groups excluding carboxylic acids is 1. The van der Waals surface area contributed by atoms with Crippen molar-refractivity contribution >= 4 is 21.9 Å². The maximum Gasteiger partial charge on any atom is 0.316 e. The molecule has 0 spiro atoms. The summed E-state index contributed by atoms with van der Waals surface area (Å²) < 4.78 is 10.2. The smallest absolute Gasteiger partial charge is 0.316 e. The predicted molar refractivity (Wildman–Crippen MR) is 59.6 cm³/mol. The monoisotopic (exact) mass is 264 g/mol. The number of hydrogen-bond donors (Lipinski definition) is 0. The van der Waals surface area contributed by atoms with E-state index in [9.17, 15) is 4.79 Å². The van der Waals surface area contributed by atoms with Gasteiger partial charge in [-0.15, -0.1) is 0 Å². The molecule has 0 fully saturated rings. The molecule has 0 aliphatic rings. The normalized spacial score (nSPS) is 11.5. The van der Waals surface area contributed by atoms with Crippen molar-refractivity contribution < 1.29 is 14.3 Å². The highest BCUT2D eigenvalue weighted by atomic mass is 79.9. The first kappa shape index (κ1) is 13.7. The van der Waals surface area contributed by atoms with E-state index in [0.29, 0.717) is 19.8 Å². The van der Waals surface area contributed by atoms with Crippen LogP contribution in [0.2, 0.25) is 0 Å². The average Bonchev–Trinajstić information content (AvgIpc) is 2.22. The highest BCUT2D eigenvalue weighted by molar-refractivity contribution is 9.09. The Hall–Kier alpha value is -0.350.